The summed E-state index contributed by atoms with van der Waals surface area (Å²) in [6.07, 6.45) is 0. The monoisotopic (exact) mass is 512 g/mol. The van der Waals surface area contributed by atoms with E-state index in [1.54, 1.807) is 63.5 Å². The lowest BCUT2D eigenvalue weighted by Crippen LogP contribution is -2.41. The molecule has 0 aliphatic rings. The Hall–Kier alpha value is -3.72. The largest absolute Gasteiger partial charge is 0.497 e. The van der Waals surface area contributed by atoms with Gasteiger partial charge in [-0.3, -0.25) is 9.10 Å². The first-order chi connectivity index (χ1) is 17.2. The third kappa shape index (κ3) is 6.28. The van der Waals surface area contributed by atoms with Crippen LogP contribution in [0.4, 0.5) is 5.69 Å². The van der Waals surface area contributed by atoms with Gasteiger partial charge in [-0.25, -0.2) is 8.42 Å². The minimum Gasteiger partial charge on any atom is -0.497 e. The summed E-state index contributed by atoms with van der Waals surface area (Å²) in [4.78, 5) is 14.7. The number of benzene rings is 3. The molecule has 0 bridgehead atoms. The molecule has 0 saturated carbocycles. The zero-order chi connectivity index (χ0) is 26.3. The summed E-state index contributed by atoms with van der Waals surface area (Å²) in [6.45, 7) is 4.07. The van der Waals surface area contributed by atoms with Crippen molar-refractivity contribution >= 4 is 21.6 Å². The van der Waals surface area contributed by atoms with Crippen molar-refractivity contribution in [2.24, 2.45) is 0 Å². The number of nitrogens with zero attached hydrogens (tertiary/aromatic N) is 2. The van der Waals surface area contributed by atoms with Gasteiger partial charge in [0.05, 0.1) is 26.5 Å². The number of anilines is 1. The highest BCUT2D eigenvalue weighted by Crippen LogP contribution is 2.32. The molecule has 1 amide bonds. The maximum atomic E-state index is 13.9. The molecule has 0 N–H and O–H groups in total. The fourth-order valence-electron chi connectivity index (χ4n) is 3.63. The van der Waals surface area contributed by atoms with Gasteiger partial charge in [0.2, 0.25) is 5.91 Å². The van der Waals surface area contributed by atoms with Gasteiger partial charge in [0.15, 0.2) is 0 Å². The van der Waals surface area contributed by atoms with Crippen LogP contribution < -0.4 is 18.5 Å². The van der Waals surface area contributed by atoms with Crippen molar-refractivity contribution in [3.05, 3.63) is 77.9 Å². The van der Waals surface area contributed by atoms with Gasteiger partial charge in [-0.15, -0.1) is 0 Å². The van der Waals surface area contributed by atoms with E-state index in [4.69, 9.17) is 14.2 Å². The van der Waals surface area contributed by atoms with E-state index in [9.17, 15) is 13.2 Å². The van der Waals surface area contributed by atoms with Crippen molar-refractivity contribution in [2.75, 3.05) is 38.7 Å². The Morgan fingerprint density at radius 2 is 1.53 bits per heavy atom. The lowest BCUT2D eigenvalue weighted by Gasteiger charge is -2.27. The van der Waals surface area contributed by atoms with E-state index in [1.165, 1.54) is 12.0 Å². The van der Waals surface area contributed by atoms with Crippen molar-refractivity contribution in [2.45, 2.75) is 25.3 Å². The van der Waals surface area contributed by atoms with Gasteiger partial charge in [-0.1, -0.05) is 18.2 Å². The molecule has 0 saturated heterocycles. The molecule has 0 heterocycles. The zero-order valence-electron chi connectivity index (χ0n) is 21.2. The average molecular weight is 513 g/mol. The summed E-state index contributed by atoms with van der Waals surface area (Å²) < 4.78 is 44.9. The third-order valence-electron chi connectivity index (χ3n) is 5.61. The van der Waals surface area contributed by atoms with Crippen LogP contribution >= 0.6 is 0 Å². The van der Waals surface area contributed by atoms with Crippen molar-refractivity contribution in [3.8, 4) is 17.2 Å². The van der Waals surface area contributed by atoms with Crippen LogP contribution in [0, 0.1) is 6.92 Å². The molecule has 192 valence electrons. The number of sulfonamides is 1. The summed E-state index contributed by atoms with van der Waals surface area (Å²) >= 11 is 0. The van der Waals surface area contributed by atoms with Gasteiger partial charge < -0.3 is 19.1 Å². The highest BCUT2D eigenvalue weighted by atomic mass is 32.2. The first-order valence-electron chi connectivity index (χ1n) is 11.5. The van der Waals surface area contributed by atoms with E-state index in [1.807, 2.05) is 31.2 Å². The SMILES string of the molecule is CCOc1ccc(N(CC(=O)N(C)Cc2ccc(OC)cc2)S(=O)(=O)c2cc(C)ccc2OC)cc1. The summed E-state index contributed by atoms with van der Waals surface area (Å²) in [6, 6.07) is 18.9. The number of ether oxygens (including phenoxy) is 3. The normalized spacial score (nSPS) is 11.0. The molecule has 0 aliphatic carbocycles. The van der Waals surface area contributed by atoms with Crippen LogP contribution in [0.25, 0.3) is 0 Å². The molecule has 0 unspecified atom stereocenters. The quantitative estimate of drug-likeness (QED) is 0.382. The van der Waals surface area contributed by atoms with Crippen LogP contribution in [0.3, 0.4) is 0 Å². The highest BCUT2D eigenvalue weighted by Gasteiger charge is 2.31. The Labute approximate surface area is 213 Å². The van der Waals surface area contributed by atoms with Crippen molar-refractivity contribution < 1.29 is 27.4 Å². The van der Waals surface area contributed by atoms with E-state index in [-0.39, 0.29) is 23.1 Å². The van der Waals surface area contributed by atoms with Crippen LogP contribution in [-0.4, -0.2) is 53.6 Å². The third-order valence-corrected chi connectivity index (χ3v) is 7.40. The molecule has 36 heavy (non-hydrogen) atoms. The molecule has 0 atom stereocenters. The molecule has 0 aliphatic heterocycles. The summed E-state index contributed by atoms with van der Waals surface area (Å²) in [7, 11) is 0.493. The molecule has 3 aromatic carbocycles. The van der Waals surface area contributed by atoms with Gasteiger partial charge in [-0.2, -0.15) is 0 Å². The number of carbonyl (C=O) groups is 1. The van der Waals surface area contributed by atoms with E-state index < -0.39 is 10.0 Å². The Balaban J connectivity index is 1.95. The predicted molar refractivity (Wildman–Crippen MR) is 139 cm³/mol. The number of likely N-dealkylation sites (N-methyl/N-ethyl adjacent to an activating group) is 1. The van der Waals surface area contributed by atoms with E-state index >= 15 is 0 Å². The van der Waals surface area contributed by atoms with E-state index in [2.05, 4.69) is 0 Å². The maximum absolute atomic E-state index is 13.9. The van der Waals surface area contributed by atoms with E-state index in [0.29, 0.717) is 30.3 Å². The second-order valence-corrected chi connectivity index (χ2v) is 10.0. The molecular formula is C27H32N2O6S. The molecule has 3 rings (SSSR count). The van der Waals surface area contributed by atoms with Gasteiger partial charge in [0.1, 0.15) is 28.7 Å². The molecule has 0 radical (unpaired) electrons. The lowest BCUT2D eigenvalue weighted by molar-refractivity contribution is -0.128. The minimum atomic E-state index is -4.15. The Bertz CT molecular complexity index is 1270. The molecular weight excluding hydrogens is 480 g/mol. The van der Waals surface area contributed by atoms with Crippen LogP contribution in [0.5, 0.6) is 17.2 Å². The topological polar surface area (TPSA) is 85.4 Å². The number of hydrogen-bond acceptors (Lipinski definition) is 6. The van der Waals surface area contributed by atoms with Gasteiger partial charge in [-0.05, 0) is 73.5 Å². The molecule has 0 aromatic heterocycles. The lowest BCUT2D eigenvalue weighted by atomic mass is 10.2. The number of amides is 1. The number of hydrogen-bond donors (Lipinski definition) is 0. The van der Waals surface area contributed by atoms with Crippen molar-refractivity contribution in [1.29, 1.82) is 0 Å². The van der Waals surface area contributed by atoms with Crippen LogP contribution in [0.2, 0.25) is 0 Å². The number of rotatable bonds is 11. The minimum absolute atomic E-state index is 0.00973. The Kier molecular flexibility index (Phi) is 8.82. The Morgan fingerprint density at radius 3 is 2.11 bits per heavy atom. The first-order valence-corrected chi connectivity index (χ1v) is 12.9. The van der Waals surface area contributed by atoms with Gasteiger partial charge in [0, 0.05) is 13.6 Å². The first kappa shape index (κ1) is 26.9. The second-order valence-electron chi connectivity index (χ2n) is 8.19. The zero-order valence-corrected chi connectivity index (χ0v) is 22.0. The Morgan fingerprint density at radius 1 is 0.889 bits per heavy atom. The standard InChI is InChI=1S/C27H32N2O6S/c1-6-35-24-14-10-22(11-15-24)29(36(31,32)26-17-20(2)7-16-25(26)34-5)19-27(30)28(3)18-21-8-12-23(33-4)13-9-21/h7-17H,6,18-19H2,1-5H3. The van der Waals surface area contributed by atoms with Gasteiger partial charge in [0.25, 0.3) is 10.0 Å². The van der Waals surface area contributed by atoms with Gasteiger partial charge >= 0.3 is 0 Å². The molecule has 0 fully saturated rings. The molecule has 9 heteroatoms. The average Bonchev–Trinajstić information content (AvgIpc) is 2.88. The number of aryl methyl sites for hydroxylation is 1. The summed E-state index contributed by atoms with van der Waals surface area (Å²) in [5.41, 5.74) is 1.99. The molecule has 0 spiro atoms. The number of methoxy groups -OCH3 is 2. The summed E-state index contributed by atoms with van der Waals surface area (Å²) in [5, 5.41) is 0. The van der Waals surface area contributed by atoms with E-state index in [0.717, 1.165) is 15.4 Å². The predicted octanol–water partition coefficient (Wildman–Crippen LogP) is 4.26. The number of carbonyl (C=O) groups excluding carboxylic acids is 1. The maximum Gasteiger partial charge on any atom is 0.268 e. The van der Waals surface area contributed by atoms with Crippen LogP contribution in [-0.2, 0) is 21.4 Å². The fourth-order valence-corrected chi connectivity index (χ4v) is 5.29. The highest BCUT2D eigenvalue weighted by molar-refractivity contribution is 7.93. The van der Waals surface area contributed by atoms with Crippen LogP contribution in [0.1, 0.15) is 18.1 Å². The molecule has 8 nitrogen and oxygen atoms in total. The van der Waals surface area contributed by atoms with Crippen molar-refractivity contribution in [1.82, 2.24) is 4.90 Å². The molecule has 3 aromatic rings. The fraction of sp³-hybridized carbons (Fsp3) is 0.296. The second kappa shape index (κ2) is 11.8. The van der Waals surface area contributed by atoms with Crippen molar-refractivity contribution in [3.63, 3.8) is 0 Å². The van der Waals surface area contributed by atoms with Crippen LogP contribution in [0.15, 0.2) is 71.6 Å². The summed E-state index contributed by atoms with van der Waals surface area (Å²) in [5.74, 6) is 1.16. The smallest absolute Gasteiger partial charge is 0.268 e.